The van der Waals surface area contributed by atoms with Crippen LogP contribution in [0.5, 0.6) is 0 Å². The molecule has 0 spiro atoms. The van der Waals surface area contributed by atoms with Crippen molar-refractivity contribution in [3.05, 3.63) is 75.0 Å². The summed E-state index contributed by atoms with van der Waals surface area (Å²) in [6.45, 7) is 13.4. The van der Waals surface area contributed by atoms with Gasteiger partial charge in [0.1, 0.15) is 0 Å². The van der Waals surface area contributed by atoms with E-state index < -0.39 is 5.97 Å². The predicted molar refractivity (Wildman–Crippen MR) is 152 cm³/mol. The lowest BCUT2D eigenvalue weighted by molar-refractivity contribution is -0.136. The maximum Gasteiger partial charge on any atom is 0.305 e. The number of rotatable bonds is 10. The molecule has 0 bridgehead atoms. The van der Waals surface area contributed by atoms with Crippen LogP contribution in [0, 0.1) is 13.8 Å². The zero-order valence-electron chi connectivity index (χ0n) is 22.1. The number of aryl methyl sites for hydroxylation is 2. The summed E-state index contributed by atoms with van der Waals surface area (Å²) in [7, 11) is 0. The van der Waals surface area contributed by atoms with Gasteiger partial charge in [-0.3, -0.25) is 9.59 Å². The number of carboxylic acid groups (broad SMARTS) is 1. The number of aliphatic carboxylic acids is 1. The molecule has 2 aromatic carbocycles. The molecule has 0 aliphatic carbocycles. The van der Waals surface area contributed by atoms with Crippen LogP contribution in [0.25, 0.3) is 11.1 Å². The number of thiophene rings is 1. The Morgan fingerprint density at radius 3 is 2.22 bits per heavy atom. The molecular formula is C30H37NO3S2. The second kappa shape index (κ2) is 12.1. The van der Waals surface area contributed by atoms with Crippen molar-refractivity contribution >= 4 is 35.0 Å². The summed E-state index contributed by atoms with van der Waals surface area (Å²) in [6.07, 6.45) is 1.99. The summed E-state index contributed by atoms with van der Waals surface area (Å²) in [5.41, 5.74) is 6.54. The number of carbonyl (C=O) groups is 2. The minimum Gasteiger partial charge on any atom is -0.481 e. The number of hydrogen-bond acceptors (Lipinski definition) is 4. The maximum atomic E-state index is 12.4. The molecule has 0 fully saturated rings. The average Bonchev–Trinajstić information content (AvgIpc) is 3.28. The van der Waals surface area contributed by atoms with Gasteiger partial charge in [0.15, 0.2) is 0 Å². The van der Waals surface area contributed by atoms with Crippen LogP contribution in [0.3, 0.4) is 0 Å². The average molecular weight is 524 g/mol. The first-order chi connectivity index (χ1) is 17.0. The Hall–Kier alpha value is -2.57. The van der Waals surface area contributed by atoms with E-state index in [4.69, 9.17) is 5.11 Å². The topological polar surface area (TPSA) is 66.4 Å². The Balaban J connectivity index is 1.78. The normalized spacial score (nSPS) is 12.4. The van der Waals surface area contributed by atoms with Crippen molar-refractivity contribution in [2.45, 2.75) is 76.4 Å². The Morgan fingerprint density at radius 1 is 1.03 bits per heavy atom. The lowest BCUT2D eigenvalue weighted by Crippen LogP contribution is -2.25. The molecule has 1 amide bonds. The fourth-order valence-electron chi connectivity index (χ4n) is 4.29. The van der Waals surface area contributed by atoms with Crippen LogP contribution in [-0.4, -0.2) is 23.5 Å². The largest absolute Gasteiger partial charge is 0.481 e. The van der Waals surface area contributed by atoms with E-state index in [-0.39, 0.29) is 29.5 Å². The van der Waals surface area contributed by atoms with Crippen LogP contribution < -0.4 is 5.32 Å². The third-order valence-corrected chi connectivity index (χ3v) is 8.80. The molecule has 1 atom stereocenters. The van der Waals surface area contributed by atoms with Crippen molar-refractivity contribution in [1.29, 1.82) is 0 Å². The van der Waals surface area contributed by atoms with E-state index in [0.717, 1.165) is 12.8 Å². The van der Waals surface area contributed by atoms with E-state index in [0.29, 0.717) is 4.88 Å². The summed E-state index contributed by atoms with van der Waals surface area (Å²) < 4.78 is 0. The lowest BCUT2D eigenvalue weighted by Gasteiger charge is -2.20. The van der Waals surface area contributed by atoms with Gasteiger partial charge in [0, 0.05) is 21.6 Å². The van der Waals surface area contributed by atoms with Crippen molar-refractivity contribution in [3.63, 3.8) is 0 Å². The number of carboxylic acids is 1. The summed E-state index contributed by atoms with van der Waals surface area (Å²) in [6, 6.07) is 17.4. The SMILES string of the molecule is CCCC(Sc1cc(C)c(-c2ccc(C(C)(C)C)cc2)c(C)c1)c1ccc(C(=O)NCCC(=O)O)s1. The maximum absolute atomic E-state index is 12.4. The minimum atomic E-state index is -0.917. The van der Waals surface area contributed by atoms with Crippen molar-refractivity contribution < 1.29 is 14.7 Å². The molecule has 36 heavy (non-hydrogen) atoms. The third-order valence-electron chi connectivity index (χ3n) is 6.17. The second-order valence-corrected chi connectivity index (χ2v) is 12.6. The van der Waals surface area contributed by atoms with Gasteiger partial charge in [0.2, 0.25) is 0 Å². The van der Waals surface area contributed by atoms with Crippen LogP contribution >= 0.6 is 23.1 Å². The van der Waals surface area contributed by atoms with Crippen molar-refractivity contribution in [2.75, 3.05) is 6.54 Å². The molecule has 2 N–H and O–H groups in total. The number of benzene rings is 2. The monoisotopic (exact) mass is 523 g/mol. The smallest absolute Gasteiger partial charge is 0.305 e. The number of nitrogens with one attached hydrogen (secondary N) is 1. The molecule has 1 unspecified atom stereocenters. The van der Waals surface area contributed by atoms with E-state index in [2.05, 4.69) is 83.3 Å². The Morgan fingerprint density at radius 2 is 1.67 bits per heavy atom. The molecule has 0 aliphatic rings. The zero-order chi connectivity index (χ0) is 26.5. The molecule has 1 heterocycles. The first-order valence-corrected chi connectivity index (χ1v) is 14.2. The van der Waals surface area contributed by atoms with Gasteiger partial charge in [-0.1, -0.05) is 58.4 Å². The molecule has 3 rings (SSSR count). The Labute approximate surface area is 223 Å². The number of thioether (sulfide) groups is 1. The van der Waals surface area contributed by atoms with Gasteiger partial charge in [0.25, 0.3) is 5.91 Å². The highest BCUT2D eigenvalue weighted by atomic mass is 32.2. The Kier molecular flexibility index (Phi) is 9.42. The van der Waals surface area contributed by atoms with Gasteiger partial charge in [-0.05, 0) is 77.8 Å². The minimum absolute atomic E-state index is 0.0757. The van der Waals surface area contributed by atoms with E-state index >= 15 is 0 Å². The molecule has 0 aliphatic heterocycles. The van der Waals surface area contributed by atoms with Crippen LogP contribution in [0.15, 0.2) is 53.4 Å². The van der Waals surface area contributed by atoms with Crippen LogP contribution in [0.4, 0.5) is 0 Å². The fraction of sp³-hybridized carbons (Fsp3) is 0.400. The number of amides is 1. The highest BCUT2D eigenvalue weighted by Gasteiger charge is 2.19. The van der Waals surface area contributed by atoms with Crippen molar-refractivity contribution in [2.24, 2.45) is 0 Å². The van der Waals surface area contributed by atoms with Crippen LogP contribution in [0.1, 0.15) is 83.4 Å². The van der Waals surface area contributed by atoms with Gasteiger partial charge in [-0.15, -0.1) is 23.1 Å². The standard InChI is InChI=1S/C30H37NO3S2/c1-7-8-24(25-13-14-26(36-25)29(34)31-16-15-27(32)33)35-23-17-19(2)28(20(3)18-23)21-9-11-22(12-10-21)30(4,5)6/h9-14,17-18,24H,7-8,15-16H2,1-6H3,(H,31,34)(H,32,33). The summed E-state index contributed by atoms with van der Waals surface area (Å²) >= 11 is 3.35. The molecule has 0 radical (unpaired) electrons. The number of hydrogen-bond donors (Lipinski definition) is 2. The first kappa shape index (κ1) is 28.0. The molecule has 6 heteroatoms. The number of carbonyl (C=O) groups excluding carboxylic acids is 1. The van der Waals surface area contributed by atoms with Crippen molar-refractivity contribution in [1.82, 2.24) is 5.32 Å². The molecule has 0 saturated carbocycles. The molecule has 3 aromatic rings. The quantitative estimate of drug-likeness (QED) is 0.263. The van der Waals surface area contributed by atoms with E-state index in [1.807, 2.05) is 23.9 Å². The molecular weight excluding hydrogens is 486 g/mol. The highest BCUT2D eigenvalue weighted by Crippen LogP contribution is 2.43. The second-order valence-electron chi connectivity index (χ2n) is 10.3. The highest BCUT2D eigenvalue weighted by molar-refractivity contribution is 7.99. The molecule has 192 valence electrons. The van der Waals surface area contributed by atoms with E-state index in [9.17, 15) is 9.59 Å². The summed E-state index contributed by atoms with van der Waals surface area (Å²) in [5.74, 6) is -1.12. The third kappa shape index (κ3) is 7.23. The van der Waals surface area contributed by atoms with Gasteiger partial charge in [-0.25, -0.2) is 0 Å². The molecule has 0 saturated heterocycles. The van der Waals surface area contributed by atoms with Crippen LogP contribution in [0.2, 0.25) is 0 Å². The first-order valence-electron chi connectivity index (χ1n) is 12.5. The van der Waals surface area contributed by atoms with Crippen molar-refractivity contribution in [3.8, 4) is 11.1 Å². The van der Waals surface area contributed by atoms with Crippen LogP contribution in [-0.2, 0) is 10.2 Å². The summed E-state index contributed by atoms with van der Waals surface area (Å²) in [5, 5.41) is 11.7. The zero-order valence-corrected chi connectivity index (χ0v) is 23.7. The molecule has 4 nitrogen and oxygen atoms in total. The van der Waals surface area contributed by atoms with Gasteiger partial charge < -0.3 is 10.4 Å². The lowest BCUT2D eigenvalue weighted by atomic mass is 9.85. The van der Waals surface area contributed by atoms with Gasteiger partial charge >= 0.3 is 5.97 Å². The molecule has 1 aromatic heterocycles. The summed E-state index contributed by atoms with van der Waals surface area (Å²) in [4.78, 5) is 26.1. The van der Waals surface area contributed by atoms with Gasteiger partial charge in [-0.2, -0.15) is 0 Å². The predicted octanol–water partition coefficient (Wildman–Crippen LogP) is 8.17. The Bertz CT molecular complexity index is 1180. The van der Waals surface area contributed by atoms with Gasteiger partial charge in [0.05, 0.1) is 11.3 Å². The van der Waals surface area contributed by atoms with E-state index in [1.54, 1.807) is 0 Å². The fourth-order valence-corrected chi connectivity index (χ4v) is 6.88. The van der Waals surface area contributed by atoms with E-state index in [1.165, 1.54) is 48.9 Å².